The molecule has 0 aliphatic rings. The molecule has 4 aromatic rings. The average molecular weight is 369 g/mol. The fourth-order valence-electron chi connectivity index (χ4n) is 2.48. The Hall–Kier alpha value is -2.51. The van der Waals surface area contributed by atoms with E-state index < -0.39 is 0 Å². The summed E-state index contributed by atoms with van der Waals surface area (Å²) in [4.78, 5) is 3.99. The molecule has 4 nitrogen and oxygen atoms in total. The van der Waals surface area contributed by atoms with Crippen molar-refractivity contribution in [3.05, 3.63) is 77.1 Å². The van der Waals surface area contributed by atoms with E-state index in [-0.39, 0.29) is 5.82 Å². The van der Waals surface area contributed by atoms with Crippen molar-refractivity contribution >= 4 is 34.9 Å². The first kappa shape index (κ1) is 16.0. The van der Waals surface area contributed by atoms with Gasteiger partial charge in [0.1, 0.15) is 29.7 Å². The molecule has 4 rings (SSSR count). The second-order valence-electron chi connectivity index (χ2n) is 5.32. The number of thioether (sulfide) groups is 1. The molecule has 0 atom stereocenters. The van der Waals surface area contributed by atoms with E-state index in [1.807, 2.05) is 30.3 Å². The highest BCUT2D eigenvalue weighted by Crippen LogP contribution is 2.34. The van der Waals surface area contributed by atoms with E-state index in [1.165, 1.54) is 30.2 Å². The maximum Gasteiger partial charge on any atom is 0.188 e. The number of fused-ring (bicyclic) bond motifs is 1. The van der Waals surface area contributed by atoms with E-state index in [2.05, 4.69) is 10.1 Å². The third-order valence-corrected chi connectivity index (χ3v) is 5.09. The lowest BCUT2D eigenvalue weighted by Crippen LogP contribution is -1.99. The lowest BCUT2D eigenvalue weighted by molar-refractivity contribution is 0.488. The molecule has 0 radical (unpaired) electrons. The standard InChI is InChI=1S/C18H12FN3OS2/c19-13-6-7-14-15(8-13)23-18(25-9-12-4-2-1-3-5-12)16(17(14)24)22-11-20-10-21-22/h1-8,10-11H,9H2. The van der Waals surface area contributed by atoms with Crippen LogP contribution in [-0.4, -0.2) is 14.8 Å². The second kappa shape index (κ2) is 6.78. The molecule has 2 aromatic heterocycles. The first-order valence-electron chi connectivity index (χ1n) is 7.50. The van der Waals surface area contributed by atoms with Crippen LogP contribution in [0.25, 0.3) is 16.7 Å². The van der Waals surface area contributed by atoms with Crippen LogP contribution in [-0.2, 0) is 5.75 Å². The molecule has 2 aromatic carbocycles. The molecule has 0 saturated heterocycles. The maximum absolute atomic E-state index is 13.6. The minimum atomic E-state index is -0.363. The first-order chi connectivity index (χ1) is 12.2. The van der Waals surface area contributed by atoms with E-state index in [9.17, 15) is 4.39 Å². The number of benzene rings is 2. The number of hydrogen-bond acceptors (Lipinski definition) is 5. The van der Waals surface area contributed by atoms with E-state index >= 15 is 0 Å². The number of nitrogens with zero attached hydrogens (tertiary/aromatic N) is 3. The van der Waals surface area contributed by atoms with E-state index in [0.29, 0.717) is 32.0 Å². The molecule has 0 aliphatic heterocycles. The van der Waals surface area contributed by atoms with Crippen molar-refractivity contribution in [2.75, 3.05) is 0 Å². The van der Waals surface area contributed by atoms with Crippen LogP contribution >= 0.6 is 24.0 Å². The van der Waals surface area contributed by atoms with Gasteiger partial charge in [-0.15, -0.1) is 0 Å². The van der Waals surface area contributed by atoms with Gasteiger partial charge in [-0.05, 0) is 17.7 Å². The Kier molecular flexibility index (Phi) is 4.33. The van der Waals surface area contributed by atoms with Crippen molar-refractivity contribution in [1.29, 1.82) is 0 Å². The molecule has 7 heteroatoms. The lowest BCUT2D eigenvalue weighted by atomic mass is 10.2. The highest BCUT2D eigenvalue weighted by atomic mass is 32.2. The second-order valence-corrected chi connectivity index (χ2v) is 6.68. The van der Waals surface area contributed by atoms with Gasteiger partial charge in [-0.1, -0.05) is 54.3 Å². The van der Waals surface area contributed by atoms with Gasteiger partial charge in [0, 0.05) is 17.2 Å². The van der Waals surface area contributed by atoms with Crippen LogP contribution in [0.4, 0.5) is 4.39 Å². The topological polar surface area (TPSA) is 43.9 Å². The zero-order valence-electron chi connectivity index (χ0n) is 12.9. The fourth-order valence-corrected chi connectivity index (χ4v) is 3.87. The first-order valence-corrected chi connectivity index (χ1v) is 8.90. The summed E-state index contributed by atoms with van der Waals surface area (Å²) in [5.41, 5.74) is 2.22. The predicted octanol–water partition coefficient (Wildman–Crippen LogP) is 5.17. The summed E-state index contributed by atoms with van der Waals surface area (Å²) in [5, 5.41) is 5.43. The van der Waals surface area contributed by atoms with Gasteiger partial charge in [0.15, 0.2) is 5.09 Å². The Morgan fingerprint density at radius 2 is 2.00 bits per heavy atom. The summed E-state index contributed by atoms with van der Waals surface area (Å²) >= 11 is 7.11. The molecule has 0 N–H and O–H groups in total. The van der Waals surface area contributed by atoms with Crippen molar-refractivity contribution in [2.45, 2.75) is 10.8 Å². The van der Waals surface area contributed by atoms with Crippen molar-refractivity contribution in [1.82, 2.24) is 14.8 Å². The average Bonchev–Trinajstić information content (AvgIpc) is 3.14. The molecule has 0 bridgehead atoms. The normalized spacial score (nSPS) is 11.1. The summed E-state index contributed by atoms with van der Waals surface area (Å²) in [7, 11) is 0. The zero-order valence-corrected chi connectivity index (χ0v) is 14.6. The summed E-state index contributed by atoms with van der Waals surface area (Å²) in [6, 6.07) is 14.4. The molecule has 0 amide bonds. The fraction of sp³-hybridized carbons (Fsp3) is 0.0556. The van der Waals surface area contributed by atoms with Crippen LogP contribution in [0, 0.1) is 10.3 Å². The van der Waals surface area contributed by atoms with Crippen molar-refractivity contribution in [3.8, 4) is 5.69 Å². The number of rotatable bonds is 4. The monoisotopic (exact) mass is 369 g/mol. The van der Waals surface area contributed by atoms with E-state index in [0.717, 1.165) is 5.56 Å². The van der Waals surface area contributed by atoms with E-state index in [1.54, 1.807) is 17.1 Å². The van der Waals surface area contributed by atoms with Gasteiger partial charge in [0.05, 0.1) is 4.51 Å². The molecule has 25 heavy (non-hydrogen) atoms. The van der Waals surface area contributed by atoms with Gasteiger partial charge in [-0.2, -0.15) is 5.10 Å². The third-order valence-electron chi connectivity index (χ3n) is 3.66. The minimum Gasteiger partial charge on any atom is -0.447 e. The Morgan fingerprint density at radius 1 is 1.16 bits per heavy atom. The molecule has 0 fully saturated rings. The van der Waals surface area contributed by atoms with Gasteiger partial charge < -0.3 is 4.42 Å². The number of aromatic nitrogens is 3. The summed E-state index contributed by atoms with van der Waals surface area (Å²) in [5.74, 6) is 0.333. The Morgan fingerprint density at radius 3 is 2.76 bits per heavy atom. The lowest BCUT2D eigenvalue weighted by Gasteiger charge is -2.10. The summed E-state index contributed by atoms with van der Waals surface area (Å²) < 4.78 is 21.7. The molecule has 0 aliphatic carbocycles. The van der Waals surface area contributed by atoms with Crippen molar-refractivity contribution in [3.63, 3.8) is 0 Å². The summed E-state index contributed by atoms with van der Waals surface area (Å²) in [6.45, 7) is 0. The Balaban J connectivity index is 1.85. The number of hydrogen-bond donors (Lipinski definition) is 0. The molecular formula is C18H12FN3OS2. The molecule has 0 saturated carbocycles. The Bertz CT molecular complexity index is 1080. The van der Waals surface area contributed by atoms with Gasteiger partial charge in [-0.25, -0.2) is 14.1 Å². The SMILES string of the molecule is Fc1ccc2c(=S)c(-n3cncn3)c(SCc3ccccc3)oc2c1. The highest BCUT2D eigenvalue weighted by Gasteiger charge is 2.16. The molecule has 2 heterocycles. The van der Waals surface area contributed by atoms with Crippen LogP contribution in [0.5, 0.6) is 0 Å². The van der Waals surface area contributed by atoms with Crippen LogP contribution in [0.2, 0.25) is 0 Å². The molecular weight excluding hydrogens is 357 g/mol. The van der Waals surface area contributed by atoms with Crippen LogP contribution in [0.3, 0.4) is 0 Å². The largest absolute Gasteiger partial charge is 0.447 e. The van der Waals surface area contributed by atoms with E-state index in [4.69, 9.17) is 16.6 Å². The smallest absolute Gasteiger partial charge is 0.188 e. The summed E-state index contributed by atoms with van der Waals surface area (Å²) in [6.07, 6.45) is 3.01. The van der Waals surface area contributed by atoms with Gasteiger partial charge >= 0.3 is 0 Å². The van der Waals surface area contributed by atoms with Gasteiger partial charge in [0.25, 0.3) is 0 Å². The van der Waals surface area contributed by atoms with Crippen LogP contribution < -0.4 is 0 Å². The Labute approximate surface area is 152 Å². The van der Waals surface area contributed by atoms with Crippen molar-refractivity contribution < 1.29 is 8.81 Å². The molecule has 0 spiro atoms. The van der Waals surface area contributed by atoms with Crippen molar-refractivity contribution in [2.24, 2.45) is 0 Å². The third kappa shape index (κ3) is 3.20. The van der Waals surface area contributed by atoms with Gasteiger partial charge in [0.2, 0.25) is 0 Å². The van der Waals surface area contributed by atoms with Crippen LogP contribution in [0.15, 0.2) is 70.7 Å². The predicted molar refractivity (Wildman–Crippen MR) is 97.9 cm³/mol. The quantitative estimate of drug-likeness (QED) is 0.367. The van der Waals surface area contributed by atoms with Gasteiger partial charge in [-0.3, -0.25) is 0 Å². The molecule has 0 unspecified atom stereocenters. The minimum absolute atomic E-state index is 0.363. The highest BCUT2D eigenvalue weighted by molar-refractivity contribution is 7.98. The molecule has 124 valence electrons. The number of halogens is 1. The maximum atomic E-state index is 13.6. The van der Waals surface area contributed by atoms with Crippen LogP contribution in [0.1, 0.15) is 5.56 Å². The zero-order chi connectivity index (χ0) is 17.2.